The molecule has 2 rings (SSSR count). The summed E-state index contributed by atoms with van der Waals surface area (Å²) in [5.41, 5.74) is 1.24. The molecule has 0 radical (unpaired) electrons. The van der Waals surface area contributed by atoms with E-state index in [1.807, 2.05) is 0 Å². The van der Waals surface area contributed by atoms with E-state index in [4.69, 9.17) is 6.42 Å². The maximum atomic E-state index is 12.1. The molecule has 0 unspecified atom stereocenters. The minimum absolute atomic E-state index is 0.130. The zero-order chi connectivity index (χ0) is 14.7. The summed E-state index contributed by atoms with van der Waals surface area (Å²) in [6, 6.07) is 8.02. The van der Waals surface area contributed by atoms with Gasteiger partial charge in [-0.3, -0.25) is 14.9 Å². The highest BCUT2D eigenvalue weighted by molar-refractivity contribution is 6.03. The van der Waals surface area contributed by atoms with Gasteiger partial charge in [-0.1, -0.05) is 12.0 Å². The number of aryl methyl sites for hydroxylation is 1. The van der Waals surface area contributed by atoms with Gasteiger partial charge < -0.3 is 9.88 Å². The molecule has 0 aliphatic carbocycles. The molecule has 0 atom stereocenters. The van der Waals surface area contributed by atoms with E-state index in [2.05, 4.69) is 11.2 Å². The van der Waals surface area contributed by atoms with Crippen LogP contribution in [0.4, 0.5) is 11.4 Å². The quantitative estimate of drug-likeness (QED) is 0.527. The molecule has 0 aliphatic rings. The van der Waals surface area contributed by atoms with Gasteiger partial charge in [0.05, 0.1) is 11.1 Å². The lowest BCUT2D eigenvalue weighted by atomic mass is 10.2. The van der Waals surface area contributed by atoms with Gasteiger partial charge in [0.1, 0.15) is 5.69 Å². The van der Waals surface area contributed by atoms with Gasteiger partial charge in [-0.15, -0.1) is 6.42 Å². The molecule has 1 aromatic carbocycles. The van der Waals surface area contributed by atoms with Crippen LogP contribution >= 0.6 is 0 Å². The third-order valence-electron chi connectivity index (χ3n) is 2.72. The number of anilines is 1. The summed E-state index contributed by atoms with van der Waals surface area (Å²) in [5.74, 6) is 2.03. The fourth-order valence-electron chi connectivity index (χ4n) is 1.75. The number of amides is 1. The number of nitro groups is 1. The molecule has 1 amide bonds. The predicted octanol–water partition coefficient (Wildman–Crippen LogP) is 2.17. The van der Waals surface area contributed by atoms with Gasteiger partial charge in [0.25, 0.3) is 11.6 Å². The maximum Gasteiger partial charge on any atom is 0.287 e. The number of nitrogens with zero attached hydrogens (tertiary/aromatic N) is 2. The van der Waals surface area contributed by atoms with Gasteiger partial charge in [-0.25, -0.2) is 0 Å². The fraction of sp³-hybridized carbons (Fsp3) is 0.0714. The van der Waals surface area contributed by atoms with E-state index in [0.29, 0.717) is 11.3 Å². The predicted molar refractivity (Wildman–Crippen MR) is 74.4 cm³/mol. The molecule has 6 nitrogen and oxygen atoms in total. The Balaban J connectivity index is 2.24. The third kappa shape index (κ3) is 2.67. The highest BCUT2D eigenvalue weighted by atomic mass is 16.6. The second-order valence-electron chi connectivity index (χ2n) is 4.13. The maximum absolute atomic E-state index is 12.1. The van der Waals surface area contributed by atoms with Crippen LogP contribution in [0, 0.1) is 22.5 Å². The Morgan fingerprint density at radius 3 is 2.80 bits per heavy atom. The van der Waals surface area contributed by atoms with E-state index < -0.39 is 10.8 Å². The Bertz CT molecular complexity index is 726. The number of hydrogen-bond donors (Lipinski definition) is 1. The normalized spacial score (nSPS) is 9.80. The molecular weight excluding hydrogens is 258 g/mol. The number of terminal acetylenes is 1. The summed E-state index contributed by atoms with van der Waals surface area (Å²) >= 11 is 0. The second-order valence-corrected chi connectivity index (χ2v) is 4.13. The summed E-state index contributed by atoms with van der Waals surface area (Å²) in [6.45, 7) is 0. The standard InChI is InChI=1S/C14H11N3O3/c1-3-10-5-4-6-11(7-10)15-14(18)13-8-12(17(19)20)9-16(13)2/h1,4-9H,2H3,(H,15,18). The number of carbonyl (C=O) groups is 1. The van der Waals surface area contributed by atoms with Crippen LogP contribution < -0.4 is 5.32 Å². The number of rotatable bonds is 3. The van der Waals surface area contributed by atoms with E-state index >= 15 is 0 Å². The molecule has 2 aromatic rings. The topological polar surface area (TPSA) is 77.2 Å². The lowest BCUT2D eigenvalue weighted by molar-refractivity contribution is -0.384. The first-order valence-electron chi connectivity index (χ1n) is 5.70. The zero-order valence-corrected chi connectivity index (χ0v) is 10.7. The van der Waals surface area contributed by atoms with Crippen molar-refractivity contribution in [3.05, 3.63) is 57.9 Å². The minimum Gasteiger partial charge on any atom is -0.340 e. The van der Waals surface area contributed by atoms with Crippen molar-refractivity contribution in [2.45, 2.75) is 0 Å². The van der Waals surface area contributed by atoms with Crippen molar-refractivity contribution in [1.29, 1.82) is 0 Å². The molecule has 20 heavy (non-hydrogen) atoms. The van der Waals surface area contributed by atoms with E-state index in [-0.39, 0.29) is 11.4 Å². The van der Waals surface area contributed by atoms with Crippen molar-refractivity contribution in [2.75, 3.05) is 5.32 Å². The van der Waals surface area contributed by atoms with Gasteiger partial charge in [-0.2, -0.15) is 0 Å². The van der Waals surface area contributed by atoms with Crippen LogP contribution in [0.3, 0.4) is 0 Å². The van der Waals surface area contributed by atoms with E-state index in [0.717, 1.165) is 0 Å². The molecule has 1 aromatic heterocycles. The SMILES string of the molecule is C#Cc1cccc(NC(=O)c2cc([N+](=O)[O-])cn2C)c1. The Kier molecular flexibility index (Phi) is 3.53. The zero-order valence-electron chi connectivity index (χ0n) is 10.7. The Morgan fingerprint density at radius 1 is 1.45 bits per heavy atom. The first-order valence-corrected chi connectivity index (χ1v) is 5.70. The van der Waals surface area contributed by atoms with Crippen molar-refractivity contribution in [3.8, 4) is 12.3 Å². The van der Waals surface area contributed by atoms with Crippen molar-refractivity contribution in [1.82, 2.24) is 4.57 Å². The molecule has 0 bridgehead atoms. The molecular formula is C14H11N3O3. The lowest BCUT2D eigenvalue weighted by Crippen LogP contribution is -2.15. The molecule has 0 saturated carbocycles. The molecule has 1 heterocycles. The number of nitrogens with one attached hydrogen (secondary N) is 1. The summed E-state index contributed by atoms with van der Waals surface area (Å²) < 4.78 is 1.40. The number of benzene rings is 1. The summed E-state index contributed by atoms with van der Waals surface area (Å²) in [4.78, 5) is 22.2. The highest BCUT2D eigenvalue weighted by Gasteiger charge is 2.17. The summed E-state index contributed by atoms with van der Waals surface area (Å²) in [5, 5.41) is 13.3. The van der Waals surface area contributed by atoms with Crippen LogP contribution in [0.2, 0.25) is 0 Å². The summed E-state index contributed by atoms with van der Waals surface area (Å²) in [7, 11) is 1.57. The van der Waals surface area contributed by atoms with Crippen molar-refractivity contribution in [3.63, 3.8) is 0 Å². The Morgan fingerprint density at radius 2 is 2.20 bits per heavy atom. The van der Waals surface area contributed by atoms with Crippen LogP contribution in [0.1, 0.15) is 16.1 Å². The molecule has 0 aliphatic heterocycles. The Hall–Kier alpha value is -3.07. The lowest BCUT2D eigenvalue weighted by Gasteiger charge is -2.05. The van der Waals surface area contributed by atoms with E-state index in [9.17, 15) is 14.9 Å². The van der Waals surface area contributed by atoms with Crippen LogP contribution in [-0.4, -0.2) is 15.4 Å². The minimum atomic E-state index is -0.546. The molecule has 1 N–H and O–H groups in total. The average molecular weight is 269 g/mol. The van der Waals surface area contributed by atoms with Crippen LogP contribution in [0.25, 0.3) is 0 Å². The van der Waals surface area contributed by atoms with E-state index in [1.165, 1.54) is 16.8 Å². The van der Waals surface area contributed by atoms with Gasteiger partial charge in [-0.05, 0) is 18.2 Å². The highest BCUT2D eigenvalue weighted by Crippen LogP contribution is 2.17. The molecule has 0 fully saturated rings. The van der Waals surface area contributed by atoms with Crippen molar-refractivity contribution in [2.24, 2.45) is 7.05 Å². The largest absolute Gasteiger partial charge is 0.340 e. The molecule has 0 saturated heterocycles. The third-order valence-corrected chi connectivity index (χ3v) is 2.72. The number of hydrogen-bond acceptors (Lipinski definition) is 3. The van der Waals surface area contributed by atoms with Gasteiger partial charge >= 0.3 is 0 Å². The monoisotopic (exact) mass is 269 g/mol. The summed E-state index contributed by atoms with van der Waals surface area (Å²) in [6.07, 6.45) is 6.56. The molecule has 6 heteroatoms. The van der Waals surface area contributed by atoms with Crippen molar-refractivity contribution >= 4 is 17.3 Å². The van der Waals surface area contributed by atoms with E-state index in [1.54, 1.807) is 31.3 Å². The van der Waals surface area contributed by atoms with Crippen LogP contribution in [0.5, 0.6) is 0 Å². The smallest absolute Gasteiger partial charge is 0.287 e. The first-order chi connectivity index (χ1) is 9.51. The van der Waals surface area contributed by atoms with Crippen LogP contribution in [0.15, 0.2) is 36.5 Å². The molecule has 100 valence electrons. The van der Waals surface area contributed by atoms with Crippen LogP contribution in [-0.2, 0) is 7.05 Å². The fourth-order valence-corrected chi connectivity index (χ4v) is 1.75. The average Bonchev–Trinajstić information content (AvgIpc) is 2.81. The Labute approximate surface area is 115 Å². The second kappa shape index (κ2) is 5.28. The van der Waals surface area contributed by atoms with Gasteiger partial charge in [0.2, 0.25) is 0 Å². The molecule has 0 spiro atoms. The van der Waals surface area contributed by atoms with Gasteiger partial charge in [0, 0.05) is 24.4 Å². The first kappa shape index (κ1) is 13.4. The van der Waals surface area contributed by atoms with Crippen molar-refractivity contribution < 1.29 is 9.72 Å². The number of carbonyl (C=O) groups excluding carboxylic acids is 1. The number of aromatic nitrogens is 1. The van der Waals surface area contributed by atoms with Gasteiger partial charge in [0.15, 0.2) is 0 Å².